The van der Waals surface area contributed by atoms with Crippen molar-refractivity contribution in [1.82, 2.24) is 29.2 Å². The molecule has 7 heteroatoms. The Labute approximate surface area is 146 Å². The maximum atomic E-state index is 5.87. The van der Waals surface area contributed by atoms with Crippen LogP contribution in [0.2, 0.25) is 0 Å². The van der Waals surface area contributed by atoms with Crippen LogP contribution in [0.5, 0.6) is 0 Å². The second-order valence-corrected chi connectivity index (χ2v) is 6.30. The Morgan fingerprint density at radius 2 is 2.08 bits per heavy atom. The Morgan fingerprint density at radius 3 is 2.92 bits per heavy atom. The van der Waals surface area contributed by atoms with Crippen LogP contribution in [0.3, 0.4) is 0 Å². The van der Waals surface area contributed by atoms with E-state index in [-0.39, 0.29) is 6.10 Å². The van der Waals surface area contributed by atoms with Crippen molar-refractivity contribution in [2.24, 2.45) is 0 Å². The molecule has 7 nitrogen and oxygen atoms in total. The maximum absolute atomic E-state index is 5.87. The fraction of sp³-hybridized carbons (Fsp3) is 0.389. The van der Waals surface area contributed by atoms with Crippen LogP contribution >= 0.6 is 0 Å². The van der Waals surface area contributed by atoms with E-state index >= 15 is 0 Å². The minimum Gasteiger partial charge on any atom is -0.374 e. The monoisotopic (exact) mass is 338 g/mol. The molecule has 1 aliphatic rings. The van der Waals surface area contributed by atoms with E-state index in [4.69, 9.17) is 4.74 Å². The zero-order chi connectivity index (χ0) is 16.9. The van der Waals surface area contributed by atoms with Crippen LogP contribution in [0.15, 0.2) is 55.4 Å². The highest BCUT2D eigenvalue weighted by atomic mass is 16.5. The Morgan fingerprint density at radius 1 is 1.16 bits per heavy atom. The summed E-state index contributed by atoms with van der Waals surface area (Å²) in [6.45, 7) is 4.94. The van der Waals surface area contributed by atoms with Gasteiger partial charge in [-0.3, -0.25) is 9.58 Å². The average molecular weight is 338 g/mol. The first kappa shape index (κ1) is 16.0. The van der Waals surface area contributed by atoms with Gasteiger partial charge in [-0.05, 0) is 5.56 Å². The first-order valence-corrected chi connectivity index (χ1v) is 8.57. The molecular formula is C18H22N6O. The summed E-state index contributed by atoms with van der Waals surface area (Å²) < 4.78 is 9.91. The summed E-state index contributed by atoms with van der Waals surface area (Å²) >= 11 is 0. The van der Waals surface area contributed by atoms with Crippen LogP contribution in [0.1, 0.15) is 11.4 Å². The van der Waals surface area contributed by atoms with Gasteiger partial charge in [-0.1, -0.05) is 30.3 Å². The zero-order valence-electron chi connectivity index (χ0n) is 14.1. The first-order chi connectivity index (χ1) is 12.4. The first-order valence-electron chi connectivity index (χ1n) is 8.57. The number of rotatable bonds is 6. The van der Waals surface area contributed by atoms with Gasteiger partial charge in [0, 0.05) is 32.0 Å². The molecule has 3 heterocycles. The van der Waals surface area contributed by atoms with E-state index < -0.39 is 0 Å². The Kier molecular flexibility index (Phi) is 4.85. The van der Waals surface area contributed by atoms with Crippen molar-refractivity contribution < 1.29 is 4.74 Å². The lowest BCUT2D eigenvalue weighted by Crippen LogP contribution is -2.44. The van der Waals surface area contributed by atoms with Gasteiger partial charge in [0.05, 0.1) is 25.8 Å². The average Bonchev–Trinajstić information content (AvgIpc) is 3.29. The van der Waals surface area contributed by atoms with Crippen LogP contribution < -0.4 is 0 Å². The van der Waals surface area contributed by atoms with E-state index in [2.05, 4.69) is 55.0 Å². The van der Waals surface area contributed by atoms with Crippen LogP contribution in [0.4, 0.5) is 0 Å². The third-order valence-corrected chi connectivity index (χ3v) is 4.44. The van der Waals surface area contributed by atoms with Gasteiger partial charge in [0.1, 0.15) is 18.5 Å². The van der Waals surface area contributed by atoms with Crippen molar-refractivity contribution >= 4 is 0 Å². The lowest BCUT2D eigenvalue weighted by atomic mass is 10.2. The molecule has 0 unspecified atom stereocenters. The fourth-order valence-electron chi connectivity index (χ4n) is 3.19. The predicted molar refractivity (Wildman–Crippen MR) is 92.8 cm³/mol. The van der Waals surface area contributed by atoms with Gasteiger partial charge in [0.25, 0.3) is 0 Å². The molecule has 2 aromatic heterocycles. The third kappa shape index (κ3) is 4.12. The summed E-state index contributed by atoms with van der Waals surface area (Å²) in [6, 6.07) is 10.5. The van der Waals surface area contributed by atoms with Crippen LogP contribution in [0.25, 0.3) is 0 Å². The molecule has 25 heavy (non-hydrogen) atoms. The van der Waals surface area contributed by atoms with Gasteiger partial charge < -0.3 is 9.30 Å². The highest BCUT2D eigenvalue weighted by Gasteiger charge is 2.22. The largest absolute Gasteiger partial charge is 0.374 e. The Balaban J connectivity index is 1.38. The fourth-order valence-corrected chi connectivity index (χ4v) is 3.19. The summed E-state index contributed by atoms with van der Waals surface area (Å²) in [4.78, 5) is 10.9. The molecule has 0 spiro atoms. The van der Waals surface area contributed by atoms with E-state index in [9.17, 15) is 0 Å². The number of imidazole rings is 1. The molecule has 0 bridgehead atoms. The molecule has 0 aliphatic carbocycles. The molecular weight excluding hydrogens is 316 g/mol. The van der Waals surface area contributed by atoms with Crippen molar-refractivity contribution in [2.75, 3.05) is 19.7 Å². The molecule has 3 aromatic rings. The lowest BCUT2D eigenvalue weighted by molar-refractivity contribution is -0.0411. The molecule has 130 valence electrons. The maximum Gasteiger partial charge on any atom is 0.137 e. The van der Waals surface area contributed by atoms with Crippen LogP contribution in [0, 0.1) is 0 Å². The molecule has 1 atom stereocenters. The van der Waals surface area contributed by atoms with Crippen molar-refractivity contribution in [3.63, 3.8) is 0 Å². The molecule has 4 rings (SSSR count). The number of aromatic nitrogens is 5. The molecule has 1 saturated heterocycles. The Bertz CT molecular complexity index is 770. The Hall–Kier alpha value is -2.51. The second kappa shape index (κ2) is 7.58. The van der Waals surface area contributed by atoms with Gasteiger partial charge in [0.15, 0.2) is 0 Å². The number of ether oxygens (including phenoxy) is 1. The highest BCUT2D eigenvalue weighted by Crippen LogP contribution is 2.12. The molecule has 0 amide bonds. The summed E-state index contributed by atoms with van der Waals surface area (Å²) in [7, 11) is 0. The van der Waals surface area contributed by atoms with Crippen molar-refractivity contribution in [1.29, 1.82) is 0 Å². The van der Waals surface area contributed by atoms with E-state index in [0.717, 1.165) is 45.2 Å². The number of nitrogens with zero attached hydrogens (tertiary/aromatic N) is 6. The molecule has 1 aliphatic heterocycles. The summed E-state index contributed by atoms with van der Waals surface area (Å²) in [6.07, 6.45) is 7.35. The SMILES string of the molecule is c1ccc(Cn2ccnc2CN2CCO[C@@H](Cn3cncn3)C2)cc1. The second-order valence-electron chi connectivity index (χ2n) is 6.30. The number of morpholine rings is 1. The number of benzene rings is 1. The summed E-state index contributed by atoms with van der Waals surface area (Å²) in [5.74, 6) is 1.09. The standard InChI is InChI=1S/C18H22N6O/c1-2-4-16(5-3-1)10-23-7-6-20-18(23)13-22-8-9-25-17(11-22)12-24-15-19-14-21-24/h1-7,14-15,17H,8-13H2/t17-/m1/s1. The van der Waals surface area contributed by atoms with Crippen LogP contribution in [-0.4, -0.2) is 55.0 Å². The van der Waals surface area contributed by atoms with E-state index in [0.29, 0.717) is 0 Å². The van der Waals surface area contributed by atoms with Gasteiger partial charge in [-0.2, -0.15) is 5.10 Å². The molecule has 0 radical (unpaired) electrons. The molecule has 1 fully saturated rings. The predicted octanol–water partition coefficient (Wildman–Crippen LogP) is 1.42. The van der Waals surface area contributed by atoms with Crippen molar-refractivity contribution in [3.05, 3.63) is 66.8 Å². The van der Waals surface area contributed by atoms with E-state index in [1.54, 1.807) is 12.7 Å². The van der Waals surface area contributed by atoms with E-state index in [1.807, 2.05) is 16.9 Å². The van der Waals surface area contributed by atoms with Crippen molar-refractivity contribution in [2.45, 2.75) is 25.7 Å². The summed E-state index contributed by atoms with van der Waals surface area (Å²) in [5, 5.41) is 4.16. The lowest BCUT2D eigenvalue weighted by Gasteiger charge is -2.32. The van der Waals surface area contributed by atoms with Gasteiger partial charge in [-0.15, -0.1) is 0 Å². The van der Waals surface area contributed by atoms with Gasteiger partial charge >= 0.3 is 0 Å². The normalized spacial score (nSPS) is 18.5. The number of hydrogen-bond donors (Lipinski definition) is 0. The minimum atomic E-state index is 0.132. The molecule has 1 aromatic carbocycles. The quantitative estimate of drug-likeness (QED) is 0.680. The third-order valence-electron chi connectivity index (χ3n) is 4.44. The molecule has 0 saturated carbocycles. The van der Waals surface area contributed by atoms with Crippen LogP contribution in [-0.2, 0) is 24.4 Å². The number of hydrogen-bond acceptors (Lipinski definition) is 5. The van der Waals surface area contributed by atoms with Gasteiger partial charge in [-0.25, -0.2) is 9.97 Å². The van der Waals surface area contributed by atoms with Gasteiger partial charge in [0.2, 0.25) is 0 Å². The molecule has 0 N–H and O–H groups in total. The topological polar surface area (TPSA) is 61.0 Å². The van der Waals surface area contributed by atoms with E-state index in [1.165, 1.54) is 5.56 Å². The minimum absolute atomic E-state index is 0.132. The smallest absolute Gasteiger partial charge is 0.137 e. The zero-order valence-corrected chi connectivity index (χ0v) is 14.1. The summed E-state index contributed by atoms with van der Waals surface area (Å²) in [5.41, 5.74) is 1.28. The van der Waals surface area contributed by atoms with Crippen molar-refractivity contribution in [3.8, 4) is 0 Å². The highest BCUT2D eigenvalue weighted by molar-refractivity contribution is 5.15.